The van der Waals surface area contributed by atoms with Gasteiger partial charge in [-0.05, 0) is 25.8 Å². The average molecular weight is 237 g/mol. The van der Waals surface area contributed by atoms with Crippen molar-refractivity contribution < 1.29 is 9.53 Å². The first-order chi connectivity index (χ1) is 8.16. The molecule has 1 aliphatic rings. The van der Waals surface area contributed by atoms with Crippen LogP contribution in [0.1, 0.15) is 19.8 Å². The van der Waals surface area contributed by atoms with Crippen LogP contribution in [0.15, 0.2) is 16.9 Å². The number of anilines is 1. The topological polar surface area (TPSA) is 84.1 Å². The molecule has 2 atom stereocenters. The van der Waals surface area contributed by atoms with Crippen molar-refractivity contribution in [3.8, 4) is 0 Å². The number of nitrogens with one attached hydrogen (secondary N) is 2. The first kappa shape index (κ1) is 11.8. The molecule has 0 aliphatic carbocycles. The summed E-state index contributed by atoms with van der Waals surface area (Å²) in [4.78, 5) is 22.8. The molecule has 1 aliphatic heterocycles. The molecule has 1 aromatic heterocycles. The molecule has 6 heteroatoms. The van der Waals surface area contributed by atoms with Gasteiger partial charge in [0.15, 0.2) is 5.82 Å². The third-order valence-corrected chi connectivity index (χ3v) is 2.87. The Labute approximate surface area is 98.4 Å². The predicted octanol–water partition coefficient (Wildman–Crippen LogP) is 0.523. The van der Waals surface area contributed by atoms with Gasteiger partial charge in [-0.1, -0.05) is 0 Å². The smallest absolute Gasteiger partial charge is 0.264 e. The Morgan fingerprint density at radius 3 is 3.06 bits per heavy atom. The van der Waals surface area contributed by atoms with E-state index in [0.29, 0.717) is 12.4 Å². The Kier molecular flexibility index (Phi) is 3.53. The zero-order valence-corrected chi connectivity index (χ0v) is 9.60. The molecule has 92 valence electrons. The molecule has 0 spiro atoms. The summed E-state index contributed by atoms with van der Waals surface area (Å²) in [7, 11) is 0. The highest BCUT2D eigenvalue weighted by Crippen LogP contribution is 2.21. The van der Waals surface area contributed by atoms with Crippen molar-refractivity contribution in [2.45, 2.75) is 25.9 Å². The minimum atomic E-state index is -0.294. The van der Waals surface area contributed by atoms with Crippen LogP contribution < -0.4 is 10.9 Å². The van der Waals surface area contributed by atoms with Crippen LogP contribution >= 0.6 is 0 Å². The molecule has 0 radical (unpaired) electrons. The van der Waals surface area contributed by atoms with E-state index >= 15 is 0 Å². The van der Waals surface area contributed by atoms with Gasteiger partial charge in [0.25, 0.3) is 5.56 Å². The lowest BCUT2D eigenvalue weighted by atomic mass is 9.94. The van der Waals surface area contributed by atoms with E-state index in [0.717, 1.165) is 12.8 Å². The number of carbonyl (C=O) groups excluding carboxylic acids is 1. The third-order valence-electron chi connectivity index (χ3n) is 2.87. The number of nitrogens with zero attached hydrogens (tertiary/aromatic N) is 1. The van der Waals surface area contributed by atoms with Crippen LogP contribution in [0, 0.1) is 5.92 Å². The second kappa shape index (κ2) is 5.09. The van der Waals surface area contributed by atoms with Crippen molar-refractivity contribution in [3.05, 3.63) is 22.5 Å². The molecule has 2 N–H and O–H groups in total. The zero-order chi connectivity index (χ0) is 12.3. The highest BCUT2D eigenvalue weighted by Gasteiger charge is 2.28. The summed E-state index contributed by atoms with van der Waals surface area (Å²) in [6, 6.07) is 2.80. The number of ether oxygens (including phenoxy) is 1. The number of aromatic amines is 1. The van der Waals surface area contributed by atoms with Gasteiger partial charge < -0.3 is 10.1 Å². The highest BCUT2D eigenvalue weighted by atomic mass is 16.5. The molecule has 2 unspecified atom stereocenters. The molecule has 0 saturated carbocycles. The first-order valence-electron chi connectivity index (χ1n) is 5.65. The normalized spacial score (nSPS) is 24.3. The van der Waals surface area contributed by atoms with E-state index in [1.54, 1.807) is 0 Å². The molecule has 0 aromatic carbocycles. The SMILES string of the molecule is CC1OCCCC1C(=O)Nc1ccc(=O)[nH]n1. The number of hydrogen-bond donors (Lipinski definition) is 2. The Bertz CT molecular complexity index is 437. The summed E-state index contributed by atoms with van der Waals surface area (Å²) in [6.07, 6.45) is 1.63. The first-order valence-corrected chi connectivity index (χ1v) is 5.65. The lowest BCUT2D eigenvalue weighted by Crippen LogP contribution is -2.36. The molecular weight excluding hydrogens is 222 g/mol. The van der Waals surface area contributed by atoms with Crippen molar-refractivity contribution in [3.63, 3.8) is 0 Å². The van der Waals surface area contributed by atoms with Crippen LogP contribution in [0.4, 0.5) is 5.82 Å². The molecule has 1 saturated heterocycles. The Balaban J connectivity index is 2.00. The van der Waals surface area contributed by atoms with Gasteiger partial charge >= 0.3 is 0 Å². The maximum atomic E-state index is 11.9. The number of amides is 1. The molecular formula is C11H15N3O3. The van der Waals surface area contributed by atoms with E-state index in [9.17, 15) is 9.59 Å². The molecule has 1 aromatic rings. The summed E-state index contributed by atoms with van der Waals surface area (Å²) in [5.41, 5.74) is -0.294. The summed E-state index contributed by atoms with van der Waals surface area (Å²) in [6.45, 7) is 2.60. The van der Waals surface area contributed by atoms with Crippen LogP contribution in [0.5, 0.6) is 0 Å². The van der Waals surface area contributed by atoms with Crippen molar-refractivity contribution in [2.24, 2.45) is 5.92 Å². The fraction of sp³-hybridized carbons (Fsp3) is 0.545. The van der Waals surface area contributed by atoms with Gasteiger partial charge in [-0.25, -0.2) is 5.10 Å². The largest absolute Gasteiger partial charge is 0.378 e. The van der Waals surface area contributed by atoms with E-state index < -0.39 is 0 Å². The fourth-order valence-corrected chi connectivity index (χ4v) is 1.90. The van der Waals surface area contributed by atoms with E-state index in [4.69, 9.17) is 4.74 Å². The minimum Gasteiger partial charge on any atom is -0.378 e. The lowest BCUT2D eigenvalue weighted by Gasteiger charge is -2.27. The summed E-state index contributed by atoms with van der Waals surface area (Å²) in [5.74, 6) is 0.0848. The number of aromatic nitrogens is 2. The molecule has 1 amide bonds. The summed E-state index contributed by atoms with van der Waals surface area (Å²) < 4.78 is 5.43. The van der Waals surface area contributed by atoms with E-state index in [2.05, 4.69) is 15.5 Å². The second-order valence-corrected chi connectivity index (χ2v) is 4.12. The van der Waals surface area contributed by atoms with Gasteiger partial charge in [0, 0.05) is 12.7 Å². The standard InChI is InChI=1S/C11H15N3O3/c1-7-8(3-2-6-17-7)11(16)12-9-4-5-10(15)14-13-9/h4-5,7-8H,2-3,6H2,1H3,(H,14,15)(H,12,13,16). The minimum absolute atomic E-state index is 0.0773. The lowest BCUT2D eigenvalue weighted by molar-refractivity contribution is -0.127. The molecule has 0 bridgehead atoms. The van der Waals surface area contributed by atoms with Crippen LogP contribution in [0.25, 0.3) is 0 Å². The number of H-pyrrole nitrogens is 1. The number of rotatable bonds is 2. The van der Waals surface area contributed by atoms with Gasteiger partial charge in [0.2, 0.25) is 5.91 Å². The van der Waals surface area contributed by atoms with Crippen molar-refractivity contribution in [1.29, 1.82) is 0 Å². The monoisotopic (exact) mass is 237 g/mol. The number of hydrogen-bond acceptors (Lipinski definition) is 4. The molecule has 2 heterocycles. The third kappa shape index (κ3) is 2.91. The van der Waals surface area contributed by atoms with Crippen molar-refractivity contribution >= 4 is 11.7 Å². The predicted molar refractivity (Wildman–Crippen MR) is 61.6 cm³/mol. The molecule has 6 nitrogen and oxygen atoms in total. The maximum absolute atomic E-state index is 11.9. The van der Waals surface area contributed by atoms with Gasteiger partial charge in [-0.15, -0.1) is 0 Å². The van der Waals surface area contributed by atoms with Crippen LogP contribution in [0.3, 0.4) is 0 Å². The summed E-state index contributed by atoms with van der Waals surface area (Å²) >= 11 is 0. The maximum Gasteiger partial charge on any atom is 0.264 e. The Hall–Kier alpha value is -1.69. The summed E-state index contributed by atoms with van der Waals surface area (Å²) in [5, 5.41) is 8.66. The average Bonchev–Trinajstić information content (AvgIpc) is 2.32. The molecule has 1 fully saturated rings. The van der Waals surface area contributed by atoms with E-state index in [1.807, 2.05) is 6.92 Å². The quantitative estimate of drug-likeness (QED) is 0.785. The Morgan fingerprint density at radius 2 is 2.41 bits per heavy atom. The van der Waals surface area contributed by atoms with Crippen molar-refractivity contribution in [1.82, 2.24) is 10.2 Å². The van der Waals surface area contributed by atoms with E-state index in [1.165, 1.54) is 12.1 Å². The van der Waals surface area contributed by atoms with Crippen LogP contribution in [0.2, 0.25) is 0 Å². The highest BCUT2D eigenvalue weighted by molar-refractivity contribution is 5.91. The Morgan fingerprint density at radius 1 is 1.59 bits per heavy atom. The van der Waals surface area contributed by atoms with Gasteiger partial charge in [-0.3, -0.25) is 9.59 Å². The zero-order valence-electron chi connectivity index (χ0n) is 9.60. The van der Waals surface area contributed by atoms with Crippen LogP contribution in [-0.4, -0.2) is 28.8 Å². The fourth-order valence-electron chi connectivity index (χ4n) is 1.90. The van der Waals surface area contributed by atoms with Gasteiger partial charge in [0.05, 0.1) is 12.0 Å². The molecule has 17 heavy (non-hydrogen) atoms. The van der Waals surface area contributed by atoms with Gasteiger partial charge in [-0.2, -0.15) is 5.10 Å². The number of carbonyl (C=O) groups is 1. The molecule has 2 rings (SSSR count). The second-order valence-electron chi connectivity index (χ2n) is 4.12. The van der Waals surface area contributed by atoms with Gasteiger partial charge in [0.1, 0.15) is 0 Å². The van der Waals surface area contributed by atoms with E-state index in [-0.39, 0.29) is 23.5 Å². The van der Waals surface area contributed by atoms with Crippen molar-refractivity contribution in [2.75, 3.05) is 11.9 Å². The van der Waals surface area contributed by atoms with Crippen LogP contribution in [-0.2, 0) is 9.53 Å².